The van der Waals surface area contributed by atoms with Crippen LogP contribution in [0.3, 0.4) is 0 Å². The molecule has 0 spiro atoms. The van der Waals surface area contributed by atoms with Gasteiger partial charge in [0.1, 0.15) is 5.75 Å². The van der Waals surface area contributed by atoms with Crippen LogP contribution >= 0.6 is 15.9 Å². The Morgan fingerprint density at radius 1 is 1.43 bits per heavy atom. The Hall–Kier alpha value is -0.680. The largest absolute Gasteiger partial charge is 0.487 e. The molecule has 1 aromatic carbocycles. The maximum absolute atomic E-state index is 12.9. The Morgan fingerprint density at radius 3 is 2.50 bits per heavy atom. The second-order valence-corrected chi connectivity index (χ2v) is 3.88. The predicted octanol–water partition coefficient (Wildman–Crippen LogP) is 2.82. The molecule has 1 heterocycles. The van der Waals surface area contributed by atoms with E-state index in [0.29, 0.717) is 5.75 Å². The highest BCUT2D eigenvalue weighted by Gasteiger charge is 2.60. The minimum atomic E-state index is -2.24. The van der Waals surface area contributed by atoms with E-state index in [2.05, 4.69) is 20.7 Å². The first-order valence-corrected chi connectivity index (χ1v) is 4.79. The molecule has 1 saturated heterocycles. The van der Waals surface area contributed by atoms with E-state index in [1.165, 1.54) is 0 Å². The van der Waals surface area contributed by atoms with Gasteiger partial charge in [-0.05, 0) is 24.3 Å². The SMILES string of the molecule is FC1OC1(F)COc1ccc(Br)cc1. The van der Waals surface area contributed by atoms with Gasteiger partial charge in [-0.25, -0.2) is 8.78 Å². The Bertz CT molecular complexity index is 330. The molecule has 14 heavy (non-hydrogen) atoms. The van der Waals surface area contributed by atoms with Crippen LogP contribution in [0.15, 0.2) is 28.7 Å². The molecule has 2 unspecified atom stereocenters. The number of hydrogen-bond acceptors (Lipinski definition) is 2. The lowest BCUT2D eigenvalue weighted by molar-refractivity contribution is 0.0766. The zero-order valence-corrected chi connectivity index (χ0v) is 8.63. The zero-order valence-electron chi connectivity index (χ0n) is 7.04. The van der Waals surface area contributed by atoms with Gasteiger partial charge in [-0.15, -0.1) is 0 Å². The van der Waals surface area contributed by atoms with Crippen LogP contribution in [0, 0.1) is 0 Å². The van der Waals surface area contributed by atoms with Gasteiger partial charge in [0.05, 0.1) is 0 Å². The van der Waals surface area contributed by atoms with Gasteiger partial charge in [-0.2, -0.15) is 0 Å². The molecular formula is C9H7BrF2O2. The molecule has 0 N–H and O–H groups in total. The van der Waals surface area contributed by atoms with Crippen molar-refractivity contribution in [3.05, 3.63) is 28.7 Å². The Labute approximate surface area is 87.9 Å². The van der Waals surface area contributed by atoms with Gasteiger partial charge in [-0.1, -0.05) is 15.9 Å². The van der Waals surface area contributed by atoms with Crippen LogP contribution in [0.2, 0.25) is 0 Å². The first-order chi connectivity index (χ1) is 6.60. The molecule has 2 rings (SSSR count). The van der Waals surface area contributed by atoms with Crippen LogP contribution in [0.25, 0.3) is 0 Å². The topological polar surface area (TPSA) is 21.8 Å². The van der Waals surface area contributed by atoms with Gasteiger partial charge in [0.25, 0.3) is 6.36 Å². The molecule has 1 aromatic rings. The summed E-state index contributed by atoms with van der Waals surface area (Å²) in [5, 5.41) is 0. The number of benzene rings is 1. The third-order valence-corrected chi connectivity index (χ3v) is 2.36. The molecular weight excluding hydrogens is 258 g/mol. The number of halogens is 3. The van der Waals surface area contributed by atoms with Crippen LogP contribution in [-0.2, 0) is 4.74 Å². The molecule has 1 aliphatic heterocycles. The number of ether oxygens (including phenoxy) is 2. The summed E-state index contributed by atoms with van der Waals surface area (Å²) in [7, 11) is 0. The van der Waals surface area contributed by atoms with E-state index < -0.39 is 18.8 Å². The van der Waals surface area contributed by atoms with E-state index in [9.17, 15) is 8.78 Å². The number of rotatable bonds is 3. The lowest BCUT2D eigenvalue weighted by Crippen LogP contribution is -2.17. The molecule has 76 valence electrons. The summed E-state index contributed by atoms with van der Waals surface area (Å²) in [5.74, 6) is -1.76. The number of epoxide rings is 1. The van der Waals surface area contributed by atoms with Gasteiger partial charge in [-0.3, -0.25) is 4.74 Å². The first kappa shape index (κ1) is 9.86. The fraction of sp³-hybridized carbons (Fsp3) is 0.333. The highest BCUT2D eigenvalue weighted by atomic mass is 79.9. The van der Waals surface area contributed by atoms with E-state index in [-0.39, 0.29) is 0 Å². The summed E-state index contributed by atoms with van der Waals surface area (Å²) in [6.45, 7) is -0.421. The quantitative estimate of drug-likeness (QED) is 0.784. The van der Waals surface area contributed by atoms with Crippen molar-refractivity contribution >= 4 is 15.9 Å². The smallest absolute Gasteiger partial charge is 0.302 e. The van der Waals surface area contributed by atoms with E-state index in [1.807, 2.05) is 0 Å². The van der Waals surface area contributed by atoms with Gasteiger partial charge in [0.15, 0.2) is 6.61 Å². The normalized spacial score (nSPS) is 30.1. The van der Waals surface area contributed by atoms with Crippen molar-refractivity contribution < 1.29 is 18.3 Å². The van der Waals surface area contributed by atoms with E-state index in [1.54, 1.807) is 24.3 Å². The van der Waals surface area contributed by atoms with Crippen molar-refractivity contribution in [3.63, 3.8) is 0 Å². The minimum Gasteiger partial charge on any atom is -0.487 e. The molecule has 1 fully saturated rings. The summed E-state index contributed by atoms with van der Waals surface area (Å²) >= 11 is 3.24. The molecule has 0 saturated carbocycles. The fourth-order valence-electron chi connectivity index (χ4n) is 0.950. The van der Waals surface area contributed by atoms with Crippen molar-refractivity contribution in [1.82, 2.24) is 0 Å². The van der Waals surface area contributed by atoms with Crippen molar-refractivity contribution in [2.45, 2.75) is 12.2 Å². The third kappa shape index (κ3) is 2.04. The molecule has 1 aliphatic rings. The molecule has 0 aromatic heterocycles. The monoisotopic (exact) mass is 264 g/mol. The molecule has 2 atom stereocenters. The van der Waals surface area contributed by atoms with Crippen LogP contribution in [0.4, 0.5) is 8.78 Å². The predicted molar refractivity (Wildman–Crippen MR) is 49.5 cm³/mol. The first-order valence-electron chi connectivity index (χ1n) is 3.99. The summed E-state index contributed by atoms with van der Waals surface area (Å²) in [6, 6.07) is 6.81. The lowest BCUT2D eigenvalue weighted by Gasteiger charge is -2.05. The molecule has 5 heteroatoms. The maximum Gasteiger partial charge on any atom is 0.302 e. The second kappa shape index (κ2) is 3.47. The standard InChI is InChI=1S/C9H7BrF2O2/c10-6-1-3-7(4-2-6)13-5-9(12)8(11)14-9/h1-4,8H,5H2. The van der Waals surface area contributed by atoms with E-state index in [0.717, 1.165) is 4.47 Å². The molecule has 0 amide bonds. The van der Waals surface area contributed by atoms with Gasteiger partial charge >= 0.3 is 5.85 Å². The summed E-state index contributed by atoms with van der Waals surface area (Å²) < 4.78 is 35.1. The molecule has 0 radical (unpaired) electrons. The molecule has 2 nitrogen and oxygen atoms in total. The van der Waals surface area contributed by atoms with Crippen molar-refractivity contribution in [2.24, 2.45) is 0 Å². The van der Waals surface area contributed by atoms with Crippen molar-refractivity contribution in [2.75, 3.05) is 6.61 Å². The third-order valence-electron chi connectivity index (χ3n) is 1.83. The zero-order chi connectivity index (χ0) is 10.2. The van der Waals surface area contributed by atoms with Gasteiger partial charge < -0.3 is 4.74 Å². The Morgan fingerprint density at radius 2 is 2.00 bits per heavy atom. The van der Waals surface area contributed by atoms with Gasteiger partial charge in [0, 0.05) is 4.47 Å². The highest BCUT2D eigenvalue weighted by molar-refractivity contribution is 9.10. The van der Waals surface area contributed by atoms with Crippen molar-refractivity contribution in [3.8, 4) is 5.75 Å². The average molecular weight is 265 g/mol. The van der Waals surface area contributed by atoms with Crippen LogP contribution < -0.4 is 4.74 Å². The van der Waals surface area contributed by atoms with Crippen LogP contribution in [0.5, 0.6) is 5.75 Å². The maximum atomic E-state index is 12.9. The Kier molecular flexibility index (Phi) is 2.45. The van der Waals surface area contributed by atoms with Crippen LogP contribution in [-0.4, -0.2) is 18.8 Å². The lowest BCUT2D eigenvalue weighted by atomic mass is 10.3. The number of hydrogen-bond donors (Lipinski definition) is 0. The highest BCUT2D eigenvalue weighted by Crippen LogP contribution is 2.39. The van der Waals surface area contributed by atoms with E-state index in [4.69, 9.17) is 4.74 Å². The molecule has 0 aliphatic carbocycles. The molecule has 0 bridgehead atoms. The van der Waals surface area contributed by atoms with Crippen LogP contribution in [0.1, 0.15) is 0 Å². The Balaban J connectivity index is 1.89. The van der Waals surface area contributed by atoms with E-state index >= 15 is 0 Å². The average Bonchev–Trinajstić information content (AvgIpc) is 2.74. The minimum absolute atomic E-state index is 0.421. The van der Waals surface area contributed by atoms with Gasteiger partial charge in [0.2, 0.25) is 0 Å². The summed E-state index contributed by atoms with van der Waals surface area (Å²) in [5.41, 5.74) is 0. The fourth-order valence-corrected chi connectivity index (χ4v) is 1.21. The number of alkyl halides is 2. The van der Waals surface area contributed by atoms with Crippen molar-refractivity contribution in [1.29, 1.82) is 0 Å². The second-order valence-electron chi connectivity index (χ2n) is 2.96. The summed E-state index contributed by atoms with van der Waals surface area (Å²) in [4.78, 5) is 0. The summed E-state index contributed by atoms with van der Waals surface area (Å²) in [6.07, 6.45) is -1.85.